The smallest absolute Gasteiger partial charge is 0.253 e. The van der Waals surface area contributed by atoms with E-state index in [-0.39, 0.29) is 5.91 Å². The van der Waals surface area contributed by atoms with E-state index in [0.717, 1.165) is 61.3 Å². The third-order valence-corrected chi connectivity index (χ3v) is 7.70. The average Bonchev–Trinajstić information content (AvgIpc) is 2.93. The highest BCUT2D eigenvalue weighted by molar-refractivity contribution is 5.97. The number of hydrogen-bond acceptors (Lipinski definition) is 5. The van der Waals surface area contributed by atoms with Gasteiger partial charge in [-0.25, -0.2) is 9.97 Å². The number of carbonyl (C=O) groups is 1. The first kappa shape index (κ1) is 25.0. The quantitative estimate of drug-likeness (QED) is 0.352. The van der Waals surface area contributed by atoms with Gasteiger partial charge in [-0.05, 0) is 81.5 Å². The standard InChI is InChI=1S/C31H35N5O/c1-22-23(2)34-29-19-27(11-12-28(29)33-22)31(37)36-16-13-26(14-17-36)30(18-24-8-5-4-6-9-24)35(3)21-25-10-7-15-32-20-25/h4-12,15,19-20,26,30H,13-14,16-18,21H2,1-3H3/t30-/m1/s1. The molecule has 3 heterocycles. The maximum atomic E-state index is 13.4. The number of likely N-dealkylation sites (tertiary alicyclic amines) is 1. The Hall–Kier alpha value is -3.64. The van der Waals surface area contributed by atoms with Crippen molar-refractivity contribution in [2.75, 3.05) is 20.1 Å². The van der Waals surface area contributed by atoms with Crippen molar-refractivity contribution in [2.45, 2.75) is 45.7 Å². The Morgan fingerprint density at radius 3 is 2.35 bits per heavy atom. The predicted octanol–water partition coefficient (Wildman–Crippen LogP) is 5.24. The number of hydrogen-bond donors (Lipinski definition) is 0. The second kappa shape index (κ2) is 11.2. The first-order chi connectivity index (χ1) is 18.0. The van der Waals surface area contributed by atoms with Crippen LogP contribution in [0.1, 0.15) is 45.7 Å². The lowest BCUT2D eigenvalue weighted by Gasteiger charge is -2.40. The van der Waals surface area contributed by atoms with Crippen molar-refractivity contribution >= 4 is 16.9 Å². The highest BCUT2D eigenvalue weighted by Crippen LogP contribution is 2.28. The molecule has 1 aliphatic rings. The molecular formula is C31H35N5O. The van der Waals surface area contributed by atoms with E-state index in [4.69, 9.17) is 0 Å². The summed E-state index contributed by atoms with van der Waals surface area (Å²) < 4.78 is 0. The van der Waals surface area contributed by atoms with Gasteiger partial charge in [0.1, 0.15) is 0 Å². The van der Waals surface area contributed by atoms with Crippen LogP contribution in [0.2, 0.25) is 0 Å². The molecule has 6 heteroatoms. The van der Waals surface area contributed by atoms with Crippen LogP contribution in [0, 0.1) is 19.8 Å². The van der Waals surface area contributed by atoms with Crippen molar-refractivity contribution in [3.05, 3.63) is 101 Å². The minimum absolute atomic E-state index is 0.0868. The van der Waals surface area contributed by atoms with Crippen LogP contribution in [-0.2, 0) is 13.0 Å². The molecule has 0 unspecified atom stereocenters. The zero-order valence-corrected chi connectivity index (χ0v) is 22.0. The molecule has 0 N–H and O–H groups in total. The van der Waals surface area contributed by atoms with Gasteiger partial charge in [0, 0.05) is 43.6 Å². The Kier molecular flexibility index (Phi) is 7.56. The van der Waals surface area contributed by atoms with E-state index in [1.54, 1.807) is 0 Å². The van der Waals surface area contributed by atoms with Gasteiger partial charge >= 0.3 is 0 Å². The number of likely N-dealkylation sites (N-methyl/N-ethyl adjacent to an activating group) is 1. The second-order valence-electron chi connectivity index (χ2n) is 10.3. The number of carbonyl (C=O) groups excluding carboxylic acids is 1. The van der Waals surface area contributed by atoms with Crippen LogP contribution in [0.3, 0.4) is 0 Å². The van der Waals surface area contributed by atoms with Gasteiger partial charge in [0.2, 0.25) is 0 Å². The Morgan fingerprint density at radius 2 is 1.65 bits per heavy atom. The number of nitrogens with zero attached hydrogens (tertiary/aromatic N) is 5. The molecule has 5 rings (SSSR count). The first-order valence-corrected chi connectivity index (χ1v) is 13.2. The Balaban J connectivity index is 1.29. The molecule has 1 fully saturated rings. The summed E-state index contributed by atoms with van der Waals surface area (Å²) >= 11 is 0. The molecule has 0 saturated carbocycles. The Morgan fingerprint density at radius 1 is 0.946 bits per heavy atom. The maximum Gasteiger partial charge on any atom is 0.253 e. The van der Waals surface area contributed by atoms with Gasteiger partial charge < -0.3 is 4.90 Å². The van der Waals surface area contributed by atoms with E-state index >= 15 is 0 Å². The summed E-state index contributed by atoms with van der Waals surface area (Å²) in [5.41, 5.74) is 6.71. The normalized spacial score (nSPS) is 15.3. The fourth-order valence-corrected chi connectivity index (χ4v) is 5.47. The highest BCUT2D eigenvalue weighted by Gasteiger charge is 2.31. The number of aromatic nitrogens is 3. The summed E-state index contributed by atoms with van der Waals surface area (Å²) in [6, 6.07) is 21.0. The van der Waals surface area contributed by atoms with Crippen molar-refractivity contribution in [1.82, 2.24) is 24.8 Å². The lowest BCUT2D eigenvalue weighted by atomic mass is 9.84. The van der Waals surface area contributed by atoms with Crippen molar-refractivity contribution in [3.8, 4) is 0 Å². The van der Waals surface area contributed by atoms with Gasteiger partial charge in [-0.3, -0.25) is 14.7 Å². The van der Waals surface area contributed by atoms with Crippen LogP contribution in [0.15, 0.2) is 73.1 Å². The van der Waals surface area contributed by atoms with Gasteiger partial charge in [0.25, 0.3) is 5.91 Å². The summed E-state index contributed by atoms with van der Waals surface area (Å²) in [5.74, 6) is 0.600. The van der Waals surface area contributed by atoms with Gasteiger partial charge in [-0.15, -0.1) is 0 Å². The molecule has 0 spiro atoms. The third kappa shape index (κ3) is 5.86. The van der Waals surface area contributed by atoms with E-state index in [1.165, 1.54) is 11.1 Å². The van der Waals surface area contributed by atoms with Gasteiger partial charge in [0.05, 0.1) is 22.4 Å². The third-order valence-electron chi connectivity index (χ3n) is 7.70. The Labute approximate surface area is 219 Å². The molecule has 2 aromatic carbocycles. The van der Waals surface area contributed by atoms with E-state index < -0.39 is 0 Å². The summed E-state index contributed by atoms with van der Waals surface area (Å²) in [6.45, 7) is 6.32. The number of pyridine rings is 1. The summed E-state index contributed by atoms with van der Waals surface area (Å²) in [6.07, 6.45) is 6.76. The zero-order valence-electron chi connectivity index (χ0n) is 22.0. The number of aryl methyl sites for hydroxylation is 2. The largest absolute Gasteiger partial charge is 0.339 e. The summed E-state index contributed by atoms with van der Waals surface area (Å²) in [7, 11) is 2.22. The number of benzene rings is 2. The van der Waals surface area contributed by atoms with E-state index in [0.29, 0.717) is 17.5 Å². The fraction of sp³-hybridized carbons (Fsp3) is 0.355. The molecule has 37 heavy (non-hydrogen) atoms. The molecule has 1 saturated heterocycles. The number of amides is 1. The molecule has 1 amide bonds. The predicted molar refractivity (Wildman–Crippen MR) is 147 cm³/mol. The van der Waals surface area contributed by atoms with Gasteiger partial charge in [-0.2, -0.15) is 0 Å². The topological polar surface area (TPSA) is 62.2 Å². The molecule has 0 bridgehead atoms. The van der Waals surface area contributed by atoms with Crippen LogP contribution < -0.4 is 0 Å². The molecule has 190 valence electrons. The van der Waals surface area contributed by atoms with Crippen LogP contribution in [0.4, 0.5) is 0 Å². The van der Waals surface area contributed by atoms with Gasteiger partial charge in [-0.1, -0.05) is 36.4 Å². The molecule has 6 nitrogen and oxygen atoms in total. The number of piperidine rings is 1. The Bertz CT molecular complexity index is 1350. The van der Waals surface area contributed by atoms with E-state index in [9.17, 15) is 4.79 Å². The zero-order chi connectivity index (χ0) is 25.8. The molecule has 1 atom stereocenters. The second-order valence-corrected chi connectivity index (χ2v) is 10.3. The van der Waals surface area contributed by atoms with Crippen molar-refractivity contribution in [1.29, 1.82) is 0 Å². The van der Waals surface area contributed by atoms with E-state index in [1.807, 2.05) is 55.4 Å². The SMILES string of the molecule is Cc1nc2ccc(C(=O)N3CCC([C@@H](Cc4ccccc4)N(C)Cc4cccnc4)CC3)cc2nc1C. The molecule has 0 aliphatic carbocycles. The first-order valence-electron chi connectivity index (χ1n) is 13.2. The van der Waals surface area contributed by atoms with Crippen LogP contribution in [0.5, 0.6) is 0 Å². The van der Waals surface area contributed by atoms with Crippen molar-refractivity contribution < 1.29 is 4.79 Å². The van der Waals surface area contributed by atoms with E-state index in [2.05, 4.69) is 63.3 Å². The molecular weight excluding hydrogens is 458 g/mol. The lowest BCUT2D eigenvalue weighted by molar-refractivity contribution is 0.0603. The monoisotopic (exact) mass is 493 g/mol. The fourth-order valence-electron chi connectivity index (χ4n) is 5.47. The minimum atomic E-state index is 0.0868. The van der Waals surface area contributed by atoms with Crippen LogP contribution >= 0.6 is 0 Å². The van der Waals surface area contributed by atoms with Crippen LogP contribution in [0.25, 0.3) is 11.0 Å². The summed E-state index contributed by atoms with van der Waals surface area (Å²) in [5, 5.41) is 0. The number of rotatable bonds is 7. The molecule has 0 radical (unpaired) electrons. The van der Waals surface area contributed by atoms with Gasteiger partial charge in [0.15, 0.2) is 0 Å². The molecule has 1 aliphatic heterocycles. The van der Waals surface area contributed by atoms with Crippen LogP contribution in [-0.4, -0.2) is 56.8 Å². The minimum Gasteiger partial charge on any atom is -0.339 e. The summed E-state index contributed by atoms with van der Waals surface area (Å²) in [4.78, 5) is 31.4. The molecule has 4 aromatic rings. The molecule has 2 aromatic heterocycles. The average molecular weight is 494 g/mol. The maximum absolute atomic E-state index is 13.4. The highest BCUT2D eigenvalue weighted by atomic mass is 16.2. The lowest BCUT2D eigenvalue weighted by Crippen LogP contribution is -2.46. The van der Waals surface area contributed by atoms with Crippen molar-refractivity contribution in [2.24, 2.45) is 5.92 Å². The number of fused-ring (bicyclic) bond motifs is 1. The van der Waals surface area contributed by atoms with Crippen molar-refractivity contribution in [3.63, 3.8) is 0 Å².